The standard InChI is InChI=1S/C18H19F2N3O2S/c19-13-1-2-15(20)14(7-13)16-17(21-10-26-16)22-18(24)25-9-12-8-23-5-3-11(12)4-6-23/h1-2,7,10-12H,3-6,8-9H2,(H,22,24). The molecule has 0 aliphatic carbocycles. The number of halogens is 2. The van der Waals surface area contributed by atoms with E-state index < -0.39 is 17.7 Å². The zero-order valence-corrected chi connectivity index (χ0v) is 14.9. The highest BCUT2D eigenvalue weighted by Crippen LogP contribution is 2.34. The van der Waals surface area contributed by atoms with Gasteiger partial charge in [0.2, 0.25) is 0 Å². The Morgan fingerprint density at radius 1 is 1.35 bits per heavy atom. The second kappa shape index (κ2) is 7.28. The van der Waals surface area contributed by atoms with Crippen LogP contribution in [0.15, 0.2) is 23.7 Å². The van der Waals surface area contributed by atoms with Gasteiger partial charge >= 0.3 is 6.09 Å². The third-order valence-electron chi connectivity index (χ3n) is 5.18. The summed E-state index contributed by atoms with van der Waals surface area (Å²) in [4.78, 5) is 19.0. The van der Waals surface area contributed by atoms with Gasteiger partial charge in [0.1, 0.15) is 11.6 Å². The van der Waals surface area contributed by atoms with E-state index in [0.717, 1.165) is 62.0 Å². The predicted octanol–water partition coefficient (Wildman–Crippen LogP) is 3.98. The quantitative estimate of drug-likeness (QED) is 0.873. The molecule has 1 atom stereocenters. The molecule has 1 aromatic carbocycles. The summed E-state index contributed by atoms with van der Waals surface area (Å²) in [6.07, 6.45) is 1.69. The Bertz CT molecular complexity index is 805. The Kier molecular flexibility index (Phi) is 4.86. The van der Waals surface area contributed by atoms with E-state index in [1.165, 1.54) is 5.51 Å². The summed E-state index contributed by atoms with van der Waals surface area (Å²) >= 11 is 1.13. The number of nitrogens with one attached hydrogen (secondary N) is 1. The lowest BCUT2D eigenvalue weighted by Gasteiger charge is -2.44. The second-order valence-corrected chi connectivity index (χ2v) is 7.63. The number of carbonyl (C=O) groups is 1. The lowest BCUT2D eigenvalue weighted by Crippen LogP contribution is -2.49. The van der Waals surface area contributed by atoms with Gasteiger partial charge in [-0.1, -0.05) is 0 Å². The molecule has 138 valence electrons. The molecule has 1 aromatic heterocycles. The largest absolute Gasteiger partial charge is 0.449 e. The maximum absolute atomic E-state index is 14.0. The number of hydrogen-bond donors (Lipinski definition) is 1. The number of rotatable bonds is 4. The molecule has 3 fully saturated rings. The number of carbonyl (C=O) groups excluding carboxylic acids is 1. The minimum atomic E-state index is -0.620. The fraction of sp³-hybridized carbons (Fsp3) is 0.444. The molecule has 1 N–H and O–H groups in total. The summed E-state index contributed by atoms with van der Waals surface area (Å²) < 4.78 is 32.8. The molecule has 8 heteroatoms. The van der Waals surface area contributed by atoms with Crippen LogP contribution in [-0.2, 0) is 4.74 Å². The number of piperidine rings is 3. The first kappa shape index (κ1) is 17.4. The molecule has 5 rings (SSSR count). The number of hydrogen-bond acceptors (Lipinski definition) is 5. The van der Waals surface area contributed by atoms with Gasteiger partial charge in [0, 0.05) is 18.0 Å². The number of aromatic nitrogens is 1. The van der Waals surface area contributed by atoms with Crippen molar-refractivity contribution in [3.05, 3.63) is 35.3 Å². The molecule has 3 saturated heterocycles. The monoisotopic (exact) mass is 379 g/mol. The zero-order valence-electron chi connectivity index (χ0n) is 14.1. The first-order chi connectivity index (χ1) is 12.6. The van der Waals surface area contributed by atoms with Crippen LogP contribution in [0.3, 0.4) is 0 Å². The molecular formula is C18H19F2N3O2S. The van der Waals surface area contributed by atoms with Crippen molar-refractivity contribution in [3.8, 4) is 10.4 Å². The van der Waals surface area contributed by atoms with Crippen LogP contribution in [0.4, 0.5) is 19.4 Å². The first-order valence-electron chi connectivity index (χ1n) is 8.65. The molecule has 0 radical (unpaired) electrons. The van der Waals surface area contributed by atoms with E-state index in [1.807, 2.05) is 0 Å². The lowest BCUT2D eigenvalue weighted by atomic mass is 9.79. The van der Waals surface area contributed by atoms with Crippen LogP contribution in [0.2, 0.25) is 0 Å². The highest BCUT2D eigenvalue weighted by atomic mass is 32.1. The molecule has 26 heavy (non-hydrogen) atoms. The van der Waals surface area contributed by atoms with Crippen LogP contribution < -0.4 is 5.32 Å². The van der Waals surface area contributed by atoms with E-state index >= 15 is 0 Å². The second-order valence-electron chi connectivity index (χ2n) is 6.78. The first-order valence-corrected chi connectivity index (χ1v) is 9.53. The molecule has 3 aliphatic heterocycles. The van der Waals surface area contributed by atoms with E-state index in [2.05, 4.69) is 15.2 Å². The lowest BCUT2D eigenvalue weighted by molar-refractivity contribution is 0.0151. The molecule has 2 bridgehead atoms. The maximum atomic E-state index is 14.0. The number of anilines is 1. The molecule has 0 spiro atoms. The van der Waals surface area contributed by atoms with Crippen molar-refractivity contribution in [2.45, 2.75) is 12.8 Å². The van der Waals surface area contributed by atoms with Crippen molar-refractivity contribution in [2.24, 2.45) is 11.8 Å². The van der Waals surface area contributed by atoms with Gasteiger partial charge < -0.3 is 9.64 Å². The Hall–Kier alpha value is -2.06. The van der Waals surface area contributed by atoms with Crippen molar-refractivity contribution >= 4 is 23.2 Å². The summed E-state index contributed by atoms with van der Waals surface area (Å²) in [5.41, 5.74) is 1.54. The van der Waals surface area contributed by atoms with Crippen molar-refractivity contribution in [1.29, 1.82) is 0 Å². The molecule has 1 amide bonds. The van der Waals surface area contributed by atoms with Gasteiger partial charge in [-0.3, -0.25) is 5.32 Å². The maximum Gasteiger partial charge on any atom is 0.412 e. The molecule has 4 heterocycles. The number of ether oxygens (including phenoxy) is 1. The Labute approximate surface area is 154 Å². The van der Waals surface area contributed by atoms with Crippen molar-refractivity contribution in [1.82, 2.24) is 9.88 Å². The average Bonchev–Trinajstić information content (AvgIpc) is 3.11. The molecular weight excluding hydrogens is 360 g/mol. The van der Waals surface area contributed by atoms with Crippen LogP contribution in [0, 0.1) is 23.5 Å². The summed E-state index contributed by atoms with van der Waals surface area (Å²) in [7, 11) is 0. The molecule has 1 unspecified atom stereocenters. The Morgan fingerprint density at radius 3 is 2.88 bits per heavy atom. The van der Waals surface area contributed by atoms with Crippen LogP contribution in [0.25, 0.3) is 10.4 Å². The molecule has 5 nitrogen and oxygen atoms in total. The van der Waals surface area contributed by atoms with Crippen molar-refractivity contribution in [3.63, 3.8) is 0 Å². The van der Waals surface area contributed by atoms with Crippen LogP contribution >= 0.6 is 11.3 Å². The van der Waals surface area contributed by atoms with Gasteiger partial charge in [0.15, 0.2) is 5.82 Å². The van der Waals surface area contributed by atoms with Gasteiger partial charge in [-0.2, -0.15) is 0 Å². The third-order valence-corrected chi connectivity index (χ3v) is 6.04. The smallest absolute Gasteiger partial charge is 0.412 e. The highest BCUT2D eigenvalue weighted by molar-refractivity contribution is 7.13. The summed E-state index contributed by atoms with van der Waals surface area (Å²) in [5.74, 6) is 0.0336. The Morgan fingerprint density at radius 2 is 2.15 bits per heavy atom. The molecule has 3 aliphatic rings. The van der Waals surface area contributed by atoms with Gasteiger partial charge in [0.25, 0.3) is 0 Å². The number of amides is 1. The normalized spacial score (nSPS) is 24.5. The van der Waals surface area contributed by atoms with E-state index in [4.69, 9.17) is 4.74 Å². The zero-order chi connectivity index (χ0) is 18.1. The Balaban J connectivity index is 1.39. The van der Waals surface area contributed by atoms with E-state index in [9.17, 15) is 13.6 Å². The number of fused-ring (bicyclic) bond motifs is 3. The van der Waals surface area contributed by atoms with E-state index in [1.54, 1.807) is 0 Å². The fourth-order valence-corrected chi connectivity index (χ4v) is 4.55. The number of nitrogens with zero attached hydrogens (tertiary/aromatic N) is 2. The summed E-state index contributed by atoms with van der Waals surface area (Å²) in [5, 5.41) is 2.55. The third kappa shape index (κ3) is 3.57. The summed E-state index contributed by atoms with van der Waals surface area (Å²) in [6.45, 7) is 3.60. The number of benzene rings is 1. The van der Waals surface area contributed by atoms with Crippen LogP contribution in [0.5, 0.6) is 0 Å². The van der Waals surface area contributed by atoms with E-state index in [0.29, 0.717) is 23.3 Å². The number of thiazole rings is 1. The molecule has 0 saturated carbocycles. The van der Waals surface area contributed by atoms with E-state index in [-0.39, 0.29) is 11.4 Å². The van der Waals surface area contributed by atoms with Crippen LogP contribution in [-0.4, -0.2) is 42.2 Å². The predicted molar refractivity (Wildman–Crippen MR) is 95.1 cm³/mol. The topological polar surface area (TPSA) is 54.5 Å². The minimum Gasteiger partial charge on any atom is -0.449 e. The fourth-order valence-electron chi connectivity index (χ4n) is 3.79. The highest BCUT2D eigenvalue weighted by Gasteiger charge is 2.34. The van der Waals surface area contributed by atoms with Gasteiger partial charge in [0.05, 0.1) is 17.0 Å². The van der Waals surface area contributed by atoms with Crippen LogP contribution in [0.1, 0.15) is 12.8 Å². The van der Waals surface area contributed by atoms with Crippen molar-refractivity contribution < 1.29 is 18.3 Å². The summed E-state index contributed by atoms with van der Waals surface area (Å²) in [6, 6.07) is 3.20. The van der Waals surface area contributed by atoms with Crippen molar-refractivity contribution in [2.75, 3.05) is 31.6 Å². The van der Waals surface area contributed by atoms with Gasteiger partial charge in [-0.25, -0.2) is 18.6 Å². The average molecular weight is 379 g/mol. The minimum absolute atomic E-state index is 0.0696. The van der Waals surface area contributed by atoms with Gasteiger partial charge in [-0.05, 0) is 50.0 Å². The van der Waals surface area contributed by atoms with Gasteiger partial charge in [-0.15, -0.1) is 11.3 Å². The molecule has 2 aromatic rings. The SMILES string of the molecule is O=C(Nc1ncsc1-c1cc(F)ccc1F)OCC1CN2CCC1CC2.